The van der Waals surface area contributed by atoms with Gasteiger partial charge in [0, 0.05) is 36.8 Å². The summed E-state index contributed by atoms with van der Waals surface area (Å²) in [7, 11) is 4.77. The maximum Gasteiger partial charge on any atom is 0.237 e. The van der Waals surface area contributed by atoms with Crippen molar-refractivity contribution in [2.75, 3.05) is 34.4 Å². The summed E-state index contributed by atoms with van der Waals surface area (Å²) in [6, 6.07) is 12.8. The van der Waals surface area contributed by atoms with Gasteiger partial charge in [-0.25, -0.2) is 0 Å². The van der Waals surface area contributed by atoms with Gasteiger partial charge in [-0.15, -0.1) is 0 Å². The molecule has 1 N–H and O–H groups in total. The second kappa shape index (κ2) is 9.69. The van der Waals surface area contributed by atoms with Crippen LogP contribution in [0.3, 0.4) is 0 Å². The first-order chi connectivity index (χ1) is 15.6. The van der Waals surface area contributed by atoms with E-state index in [-0.39, 0.29) is 5.91 Å². The van der Waals surface area contributed by atoms with E-state index < -0.39 is 6.04 Å². The third-order valence-electron chi connectivity index (χ3n) is 5.47. The standard InChI is InChI=1S/C23H26N4O5/c1-29-18-13-20(31-3)19(30-2)11-16(18)14-27-10-9-24-23(28)17(27)12-21-25-22(26-32-21)15-7-5-4-6-8-15/h4-8,11,13,17H,9-10,12,14H2,1-3H3,(H,24,28). The average Bonchev–Trinajstić information content (AvgIpc) is 3.30. The van der Waals surface area contributed by atoms with Crippen LogP contribution in [0, 0.1) is 0 Å². The van der Waals surface area contributed by atoms with Crippen molar-refractivity contribution in [3.8, 4) is 28.6 Å². The van der Waals surface area contributed by atoms with E-state index in [9.17, 15) is 4.79 Å². The predicted molar refractivity (Wildman–Crippen MR) is 117 cm³/mol. The van der Waals surface area contributed by atoms with E-state index in [1.54, 1.807) is 27.4 Å². The maximum absolute atomic E-state index is 12.7. The maximum atomic E-state index is 12.7. The van der Waals surface area contributed by atoms with Gasteiger partial charge in [-0.1, -0.05) is 35.5 Å². The van der Waals surface area contributed by atoms with E-state index in [2.05, 4.69) is 20.4 Å². The summed E-state index contributed by atoms with van der Waals surface area (Å²) in [6.07, 6.45) is 0.307. The van der Waals surface area contributed by atoms with E-state index in [0.717, 1.165) is 11.1 Å². The summed E-state index contributed by atoms with van der Waals surface area (Å²) in [4.78, 5) is 19.3. The predicted octanol–water partition coefficient (Wildman–Crippen LogP) is 2.31. The second-order valence-corrected chi connectivity index (χ2v) is 7.38. The minimum atomic E-state index is -0.453. The Bertz CT molecular complexity index is 1070. The highest BCUT2D eigenvalue weighted by atomic mass is 16.5. The van der Waals surface area contributed by atoms with Crippen molar-refractivity contribution >= 4 is 5.91 Å². The number of hydrogen-bond acceptors (Lipinski definition) is 8. The van der Waals surface area contributed by atoms with Gasteiger partial charge in [0.05, 0.1) is 33.8 Å². The largest absolute Gasteiger partial charge is 0.496 e. The van der Waals surface area contributed by atoms with Crippen molar-refractivity contribution in [1.82, 2.24) is 20.4 Å². The molecule has 9 heteroatoms. The third kappa shape index (κ3) is 4.52. The van der Waals surface area contributed by atoms with E-state index in [1.807, 2.05) is 36.4 Å². The van der Waals surface area contributed by atoms with Crippen LogP contribution in [0.15, 0.2) is 47.0 Å². The summed E-state index contributed by atoms with van der Waals surface area (Å²) in [5.74, 6) is 2.69. The minimum Gasteiger partial charge on any atom is -0.496 e. The van der Waals surface area contributed by atoms with Crippen LogP contribution in [0.5, 0.6) is 17.2 Å². The fourth-order valence-electron chi connectivity index (χ4n) is 3.82. The smallest absolute Gasteiger partial charge is 0.237 e. The molecule has 9 nitrogen and oxygen atoms in total. The number of benzene rings is 2. The lowest BCUT2D eigenvalue weighted by molar-refractivity contribution is -0.129. The Morgan fingerprint density at radius 2 is 1.78 bits per heavy atom. The van der Waals surface area contributed by atoms with Gasteiger partial charge >= 0.3 is 0 Å². The van der Waals surface area contributed by atoms with Gasteiger partial charge in [0.25, 0.3) is 0 Å². The molecule has 2 aromatic carbocycles. The Kier molecular flexibility index (Phi) is 6.55. The highest BCUT2D eigenvalue weighted by molar-refractivity contribution is 5.82. The first-order valence-electron chi connectivity index (χ1n) is 10.3. The summed E-state index contributed by atoms with van der Waals surface area (Å²) < 4.78 is 21.8. The summed E-state index contributed by atoms with van der Waals surface area (Å²) in [6.45, 7) is 1.72. The number of carbonyl (C=O) groups is 1. The monoisotopic (exact) mass is 438 g/mol. The molecule has 1 saturated heterocycles. The number of hydrogen-bond donors (Lipinski definition) is 1. The Labute approximate surface area is 186 Å². The van der Waals surface area contributed by atoms with Crippen molar-refractivity contribution in [3.05, 3.63) is 53.9 Å². The van der Waals surface area contributed by atoms with Crippen molar-refractivity contribution in [2.45, 2.75) is 19.0 Å². The van der Waals surface area contributed by atoms with Gasteiger partial charge in [0.15, 0.2) is 11.5 Å². The Morgan fingerprint density at radius 3 is 2.50 bits per heavy atom. The van der Waals surface area contributed by atoms with Crippen LogP contribution in [0.2, 0.25) is 0 Å². The van der Waals surface area contributed by atoms with E-state index in [1.165, 1.54) is 0 Å². The fourth-order valence-corrected chi connectivity index (χ4v) is 3.82. The van der Waals surface area contributed by atoms with Crippen LogP contribution in [0.25, 0.3) is 11.4 Å². The molecular weight excluding hydrogens is 412 g/mol. The highest BCUT2D eigenvalue weighted by Gasteiger charge is 2.32. The molecule has 1 atom stereocenters. The molecule has 3 aromatic rings. The van der Waals surface area contributed by atoms with Gasteiger partial charge in [-0.2, -0.15) is 4.98 Å². The van der Waals surface area contributed by atoms with Gasteiger partial charge in [-0.3, -0.25) is 9.69 Å². The first kappa shape index (κ1) is 21.6. The third-order valence-corrected chi connectivity index (χ3v) is 5.47. The fraction of sp³-hybridized carbons (Fsp3) is 0.348. The summed E-state index contributed by atoms with van der Waals surface area (Å²) >= 11 is 0. The van der Waals surface area contributed by atoms with Gasteiger partial charge < -0.3 is 24.1 Å². The average molecular weight is 438 g/mol. The number of piperazine rings is 1. The number of nitrogens with zero attached hydrogens (tertiary/aromatic N) is 3. The van der Waals surface area contributed by atoms with Gasteiger partial charge in [-0.05, 0) is 6.07 Å². The topological polar surface area (TPSA) is 99.0 Å². The SMILES string of the molecule is COc1cc(OC)c(OC)cc1CN1CCNC(=O)C1Cc1nc(-c2ccccc2)no1. The van der Waals surface area contributed by atoms with Crippen LogP contribution in [-0.2, 0) is 17.8 Å². The number of nitrogens with one attached hydrogen (secondary N) is 1. The van der Waals surface area contributed by atoms with E-state index in [4.69, 9.17) is 18.7 Å². The minimum absolute atomic E-state index is 0.0739. The second-order valence-electron chi connectivity index (χ2n) is 7.38. The van der Waals surface area contributed by atoms with Gasteiger partial charge in [0.1, 0.15) is 5.75 Å². The molecule has 4 rings (SSSR count). The van der Waals surface area contributed by atoms with Crippen molar-refractivity contribution in [2.24, 2.45) is 0 Å². The zero-order valence-electron chi connectivity index (χ0n) is 18.3. The quantitative estimate of drug-likeness (QED) is 0.572. The Morgan fingerprint density at radius 1 is 1.06 bits per heavy atom. The molecule has 1 aromatic heterocycles. The van der Waals surface area contributed by atoms with E-state index in [0.29, 0.717) is 55.0 Å². The molecule has 32 heavy (non-hydrogen) atoms. The summed E-state index contributed by atoms with van der Waals surface area (Å²) in [5.41, 5.74) is 1.75. The zero-order chi connectivity index (χ0) is 22.5. The summed E-state index contributed by atoms with van der Waals surface area (Å²) in [5, 5.41) is 7.00. The van der Waals surface area contributed by atoms with Crippen LogP contribution in [0.1, 0.15) is 11.5 Å². The highest BCUT2D eigenvalue weighted by Crippen LogP contribution is 2.35. The molecule has 1 aliphatic rings. The zero-order valence-corrected chi connectivity index (χ0v) is 18.3. The molecule has 1 aliphatic heterocycles. The normalized spacial score (nSPS) is 16.5. The molecule has 0 bridgehead atoms. The van der Waals surface area contributed by atoms with Crippen molar-refractivity contribution < 1.29 is 23.5 Å². The Balaban J connectivity index is 1.56. The number of ether oxygens (including phenoxy) is 3. The first-order valence-corrected chi connectivity index (χ1v) is 10.3. The molecule has 1 fully saturated rings. The molecule has 0 saturated carbocycles. The lowest BCUT2D eigenvalue weighted by Gasteiger charge is -2.34. The molecule has 0 aliphatic carbocycles. The van der Waals surface area contributed by atoms with Crippen LogP contribution in [0.4, 0.5) is 0 Å². The van der Waals surface area contributed by atoms with Crippen molar-refractivity contribution in [3.63, 3.8) is 0 Å². The number of carbonyl (C=O) groups excluding carboxylic acids is 1. The lowest BCUT2D eigenvalue weighted by atomic mass is 10.1. The van der Waals surface area contributed by atoms with E-state index >= 15 is 0 Å². The molecule has 0 spiro atoms. The van der Waals surface area contributed by atoms with Crippen LogP contribution >= 0.6 is 0 Å². The number of methoxy groups -OCH3 is 3. The lowest BCUT2D eigenvalue weighted by Crippen LogP contribution is -2.55. The molecular formula is C23H26N4O5. The van der Waals surface area contributed by atoms with Crippen LogP contribution in [-0.4, -0.2) is 61.4 Å². The number of rotatable bonds is 8. The molecule has 0 radical (unpaired) electrons. The van der Waals surface area contributed by atoms with Crippen molar-refractivity contribution in [1.29, 1.82) is 0 Å². The van der Waals surface area contributed by atoms with Gasteiger partial charge in [0.2, 0.25) is 17.6 Å². The molecule has 1 amide bonds. The molecule has 168 valence electrons. The molecule has 1 unspecified atom stereocenters. The number of aromatic nitrogens is 2. The Hall–Kier alpha value is -3.59. The number of amides is 1. The van der Waals surface area contributed by atoms with Crippen LogP contribution < -0.4 is 19.5 Å². The molecule has 2 heterocycles.